The second-order valence-electron chi connectivity index (χ2n) is 2.66. The van der Waals surface area contributed by atoms with E-state index in [1.165, 1.54) is 0 Å². The molecule has 1 aliphatic rings. The Morgan fingerprint density at radius 3 is 2.42 bits per heavy atom. The van der Waals surface area contributed by atoms with Gasteiger partial charge in [-0.3, -0.25) is 4.79 Å². The van der Waals surface area contributed by atoms with Crippen molar-refractivity contribution in [1.29, 1.82) is 0 Å². The molecule has 0 bridgehead atoms. The predicted molar refractivity (Wildman–Crippen MR) is 37.5 cm³/mol. The largest absolute Gasteiger partial charge is 0.476 e. The van der Waals surface area contributed by atoms with Crippen LogP contribution in [0.1, 0.15) is 6.42 Å². The first-order valence-corrected chi connectivity index (χ1v) is 3.61. The number of Topliss-reactive ketones (excluding diaryl/α,β-unsaturated/α-hetero) is 1. The number of carbonyl (C=O) groups is 2. The van der Waals surface area contributed by atoms with Gasteiger partial charge in [0.15, 0.2) is 0 Å². The summed E-state index contributed by atoms with van der Waals surface area (Å²) in [5, 5.41) is 8.28. The summed E-state index contributed by atoms with van der Waals surface area (Å²) in [7, 11) is 0. The third-order valence-electron chi connectivity index (χ3n) is 1.59. The SMILES string of the molecule is O=C(O)C(=O)CC1COCOC1. The second-order valence-corrected chi connectivity index (χ2v) is 2.66. The van der Waals surface area contributed by atoms with Crippen LogP contribution in [0.4, 0.5) is 0 Å². The fourth-order valence-electron chi connectivity index (χ4n) is 1.00. The third kappa shape index (κ3) is 2.60. The molecule has 0 aromatic heterocycles. The molecule has 0 spiro atoms. The predicted octanol–water partition coefficient (Wildman–Crippen LogP) is -0.349. The van der Waals surface area contributed by atoms with Crippen molar-refractivity contribution in [3.63, 3.8) is 0 Å². The summed E-state index contributed by atoms with van der Waals surface area (Å²) in [6.07, 6.45) is -0.00463. The normalized spacial score (nSPS) is 19.0. The highest BCUT2D eigenvalue weighted by atomic mass is 16.7. The fraction of sp³-hybridized carbons (Fsp3) is 0.714. The van der Waals surface area contributed by atoms with Gasteiger partial charge in [0.2, 0.25) is 5.78 Å². The lowest BCUT2D eigenvalue weighted by molar-refractivity contribution is -0.153. The summed E-state index contributed by atoms with van der Waals surface area (Å²) in [6, 6.07) is 0. The van der Waals surface area contributed by atoms with Gasteiger partial charge in [0, 0.05) is 12.3 Å². The maximum atomic E-state index is 10.7. The van der Waals surface area contributed by atoms with Crippen molar-refractivity contribution >= 4 is 11.8 Å². The summed E-state index contributed by atoms with van der Waals surface area (Å²) >= 11 is 0. The Morgan fingerprint density at radius 2 is 1.92 bits per heavy atom. The van der Waals surface area contributed by atoms with E-state index in [9.17, 15) is 9.59 Å². The highest BCUT2D eigenvalue weighted by Crippen LogP contribution is 2.09. The minimum atomic E-state index is -1.39. The van der Waals surface area contributed by atoms with Gasteiger partial charge in [0.05, 0.1) is 13.2 Å². The first-order valence-electron chi connectivity index (χ1n) is 3.61. The smallest absolute Gasteiger partial charge is 0.372 e. The molecular formula is C7H10O5. The number of aliphatic carboxylic acids is 1. The molecular weight excluding hydrogens is 164 g/mol. The molecule has 0 aromatic rings. The number of carboxylic acid groups (broad SMARTS) is 1. The highest BCUT2D eigenvalue weighted by molar-refractivity contribution is 6.32. The number of hydrogen-bond acceptors (Lipinski definition) is 4. The van der Waals surface area contributed by atoms with Crippen LogP contribution in [0, 0.1) is 5.92 Å². The van der Waals surface area contributed by atoms with Crippen LogP contribution in [0.25, 0.3) is 0 Å². The minimum absolute atomic E-state index is 0.00463. The van der Waals surface area contributed by atoms with Crippen LogP contribution in [-0.2, 0) is 19.1 Å². The second kappa shape index (κ2) is 4.18. The molecule has 0 saturated carbocycles. The van der Waals surface area contributed by atoms with Crippen molar-refractivity contribution in [2.45, 2.75) is 6.42 Å². The average molecular weight is 174 g/mol. The number of hydrogen-bond donors (Lipinski definition) is 1. The molecule has 0 atom stereocenters. The topological polar surface area (TPSA) is 72.8 Å². The van der Waals surface area contributed by atoms with Crippen LogP contribution < -0.4 is 0 Å². The molecule has 1 rings (SSSR count). The van der Waals surface area contributed by atoms with Gasteiger partial charge < -0.3 is 14.6 Å². The molecule has 0 amide bonds. The maximum Gasteiger partial charge on any atom is 0.372 e. The molecule has 12 heavy (non-hydrogen) atoms. The van der Waals surface area contributed by atoms with Crippen molar-refractivity contribution in [1.82, 2.24) is 0 Å². The van der Waals surface area contributed by atoms with Crippen LogP contribution in [0.3, 0.4) is 0 Å². The van der Waals surface area contributed by atoms with Gasteiger partial charge >= 0.3 is 5.97 Å². The van der Waals surface area contributed by atoms with E-state index in [1.807, 2.05) is 0 Å². The zero-order valence-corrected chi connectivity index (χ0v) is 6.49. The first-order chi connectivity index (χ1) is 5.70. The van der Waals surface area contributed by atoms with E-state index < -0.39 is 11.8 Å². The van der Waals surface area contributed by atoms with Crippen molar-refractivity contribution in [3.8, 4) is 0 Å². The lowest BCUT2D eigenvalue weighted by Gasteiger charge is -2.20. The van der Waals surface area contributed by atoms with E-state index in [0.29, 0.717) is 13.2 Å². The summed E-state index contributed by atoms with van der Waals surface area (Å²) in [6.45, 7) is 1.04. The standard InChI is InChI=1S/C7H10O5/c8-6(7(9)10)1-5-2-11-4-12-3-5/h5H,1-4H2,(H,9,10). The zero-order chi connectivity index (χ0) is 8.97. The molecule has 1 saturated heterocycles. The number of carbonyl (C=O) groups excluding carboxylic acids is 1. The Hall–Kier alpha value is -0.940. The van der Waals surface area contributed by atoms with Crippen molar-refractivity contribution < 1.29 is 24.2 Å². The van der Waals surface area contributed by atoms with E-state index in [1.54, 1.807) is 0 Å². The van der Waals surface area contributed by atoms with Gasteiger partial charge in [0.25, 0.3) is 0 Å². The summed E-state index contributed by atoms with van der Waals surface area (Å²) in [5.41, 5.74) is 0. The van der Waals surface area contributed by atoms with Crippen molar-refractivity contribution in [2.75, 3.05) is 20.0 Å². The lowest BCUT2D eigenvalue weighted by atomic mass is 10.0. The van der Waals surface area contributed by atoms with Crippen LogP contribution >= 0.6 is 0 Å². The maximum absolute atomic E-state index is 10.7. The molecule has 5 heteroatoms. The van der Waals surface area contributed by atoms with Crippen molar-refractivity contribution in [3.05, 3.63) is 0 Å². The van der Waals surface area contributed by atoms with E-state index in [-0.39, 0.29) is 19.1 Å². The molecule has 0 radical (unpaired) electrons. The van der Waals surface area contributed by atoms with Gasteiger partial charge in [-0.2, -0.15) is 0 Å². The van der Waals surface area contributed by atoms with Crippen LogP contribution in [0.15, 0.2) is 0 Å². The van der Waals surface area contributed by atoms with Crippen molar-refractivity contribution in [2.24, 2.45) is 5.92 Å². The van der Waals surface area contributed by atoms with E-state index in [2.05, 4.69) is 0 Å². The summed E-state index contributed by atoms with van der Waals surface area (Å²) < 4.78 is 9.79. The highest BCUT2D eigenvalue weighted by Gasteiger charge is 2.21. The molecule has 1 heterocycles. The van der Waals surface area contributed by atoms with Crippen LogP contribution in [0.2, 0.25) is 0 Å². The number of ketones is 1. The van der Waals surface area contributed by atoms with Gasteiger partial charge in [-0.15, -0.1) is 0 Å². The Kier molecular flexibility index (Phi) is 3.19. The molecule has 0 aliphatic carbocycles. The molecule has 5 nitrogen and oxygen atoms in total. The molecule has 1 fully saturated rings. The Balaban J connectivity index is 2.29. The first kappa shape index (κ1) is 9.15. The molecule has 1 aliphatic heterocycles. The number of carboxylic acids is 1. The molecule has 1 N–H and O–H groups in total. The Bertz CT molecular complexity index is 182. The molecule has 0 aromatic carbocycles. The fourth-order valence-corrected chi connectivity index (χ4v) is 1.00. The molecule has 68 valence electrons. The summed E-state index contributed by atoms with van der Waals surface area (Å²) in [5.74, 6) is -2.28. The van der Waals surface area contributed by atoms with Gasteiger partial charge in [-0.1, -0.05) is 0 Å². The number of ether oxygens (including phenoxy) is 2. The zero-order valence-electron chi connectivity index (χ0n) is 6.49. The molecule has 0 unspecified atom stereocenters. The van der Waals surface area contributed by atoms with Crippen LogP contribution in [0.5, 0.6) is 0 Å². The Labute approximate surface area is 69.3 Å². The van der Waals surface area contributed by atoms with Gasteiger partial charge in [-0.25, -0.2) is 4.79 Å². The van der Waals surface area contributed by atoms with E-state index in [4.69, 9.17) is 14.6 Å². The van der Waals surface area contributed by atoms with Gasteiger partial charge in [-0.05, 0) is 0 Å². The number of rotatable bonds is 3. The van der Waals surface area contributed by atoms with E-state index in [0.717, 1.165) is 0 Å². The third-order valence-corrected chi connectivity index (χ3v) is 1.59. The van der Waals surface area contributed by atoms with Gasteiger partial charge in [0.1, 0.15) is 6.79 Å². The monoisotopic (exact) mass is 174 g/mol. The average Bonchev–Trinajstić information content (AvgIpc) is 2.06. The quantitative estimate of drug-likeness (QED) is 0.592. The lowest BCUT2D eigenvalue weighted by Crippen LogP contribution is -2.28. The summed E-state index contributed by atoms with van der Waals surface area (Å²) in [4.78, 5) is 20.8. The van der Waals surface area contributed by atoms with E-state index >= 15 is 0 Å². The minimum Gasteiger partial charge on any atom is -0.476 e. The van der Waals surface area contributed by atoms with Crippen LogP contribution in [-0.4, -0.2) is 36.9 Å². The Morgan fingerprint density at radius 1 is 1.33 bits per heavy atom.